The van der Waals surface area contributed by atoms with E-state index < -0.39 is 0 Å². The van der Waals surface area contributed by atoms with Crippen LogP contribution in [0.1, 0.15) is 26.7 Å². The summed E-state index contributed by atoms with van der Waals surface area (Å²) in [4.78, 5) is 23.3. The first-order valence-corrected chi connectivity index (χ1v) is 9.13. The molecular formula is C20H25FN4O. The summed E-state index contributed by atoms with van der Waals surface area (Å²) >= 11 is 0. The van der Waals surface area contributed by atoms with Gasteiger partial charge in [0.15, 0.2) is 0 Å². The molecule has 0 radical (unpaired) electrons. The van der Waals surface area contributed by atoms with Gasteiger partial charge in [-0.3, -0.25) is 4.79 Å². The van der Waals surface area contributed by atoms with Crippen molar-refractivity contribution in [1.82, 2.24) is 15.3 Å². The van der Waals surface area contributed by atoms with Gasteiger partial charge in [-0.2, -0.15) is 0 Å². The van der Waals surface area contributed by atoms with Gasteiger partial charge in [-0.1, -0.05) is 26.0 Å². The molecule has 0 bridgehead atoms. The Kier molecular flexibility index (Phi) is 5.81. The normalized spacial score (nSPS) is 17.4. The molecule has 1 N–H and O–H groups in total. The summed E-state index contributed by atoms with van der Waals surface area (Å²) in [6.07, 6.45) is 5.25. The number of rotatable bonds is 5. The van der Waals surface area contributed by atoms with Crippen LogP contribution in [0, 0.1) is 17.7 Å². The summed E-state index contributed by atoms with van der Waals surface area (Å²) in [6, 6.07) is 6.38. The molecule has 0 unspecified atom stereocenters. The fourth-order valence-corrected chi connectivity index (χ4v) is 3.12. The van der Waals surface area contributed by atoms with Gasteiger partial charge in [0, 0.05) is 37.6 Å². The first-order valence-electron chi connectivity index (χ1n) is 9.13. The average molecular weight is 356 g/mol. The Morgan fingerprint density at radius 2 is 2.08 bits per heavy atom. The molecule has 6 heteroatoms. The van der Waals surface area contributed by atoms with Crippen LogP contribution in [0.4, 0.5) is 10.3 Å². The summed E-state index contributed by atoms with van der Waals surface area (Å²) < 4.78 is 13.4. The minimum Gasteiger partial charge on any atom is -0.356 e. The van der Waals surface area contributed by atoms with Crippen LogP contribution < -0.4 is 10.2 Å². The van der Waals surface area contributed by atoms with Crippen LogP contribution in [0.3, 0.4) is 0 Å². The average Bonchev–Trinajstić information content (AvgIpc) is 2.66. The van der Waals surface area contributed by atoms with Gasteiger partial charge >= 0.3 is 0 Å². The van der Waals surface area contributed by atoms with Crippen LogP contribution in [0.25, 0.3) is 11.1 Å². The van der Waals surface area contributed by atoms with Gasteiger partial charge < -0.3 is 10.2 Å². The molecule has 26 heavy (non-hydrogen) atoms. The molecule has 1 aromatic heterocycles. The predicted octanol–water partition coefficient (Wildman–Crippen LogP) is 3.27. The van der Waals surface area contributed by atoms with Crippen molar-refractivity contribution in [3.8, 4) is 11.1 Å². The highest BCUT2D eigenvalue weighted by molar-refractivity contribution is 5.79. The maximum absolute atomic E-state index is 13.4. The molecule has 1 aliphatic heterocycles. The molecule has 5 nitrogen and oxygen atoms in total. The lowest BCUT2D eigenvalue weighted by Crippen LogP contribution is -2.44. The monoisotopic (exact) mass is 356 g/mol. The molecule has 1 saturated heterocycles. The Hall–Kier alpha value is -2.50. The Balaban J connectivity index is 1.66. The predicted molar refractivity (Wildman–Crippen MR) is 100 cm³/mol. The fraction of sp³-hybridized carbons (Fsp3) is 0.450. The molecule has 1 amide bonds. The zero-order valence-corrected chi connectivity index (χ0v) is 15.3. The van der Waals surface area contributed by atoms with E-state index >= 15 is 0 Å². The smallest absolute Gasteiger partial charge is 0.225 e. The maximum Gasteiger partial charge on any atom is 0.225 e. The van der Waals surface area contributed by atoms with Crippen molar-refractivity contribution >= 4 is 11.9 Å². The van der Waals surface area contributed by atoms with Crippen LogP contribution in [0.5, 0.6) is 0 Å². The van der Waals surface area contributed by atoms with Crippen molar-refractivity contribution in [2.75, 3.05) is 24.5 Å². The highest BCUT2D eigenvalue weighted by Gasteiger charge is 2.27. The number of hydrogen-bond donors (Lipinski definition) is 1. The van der Waals surface area contributed by atoms with Crippen LogP contribution in [-0.2, 0) is 4.79 Å². The number of anilines is 1. The van der Waals surface area contributed by atoms with Crippen LogP contribution in [0.2, 0.25) is 0 Å². The molecular weight excluding hydrogens is 331 g/mol. The Bertz CT molecular complexity index is 748. The van der Waals surface area contributed by atoms with E-state index in [4.69, 9.17) is 0 Å². The zero-order chi connectivity index (χ0) is 18.5. The Labute approximate surface area is 153 Å². The fourth-order valence-electron chi connectivity index (χ4n) is 3.12. The Morgan fingerprint density at radius 3 is 2.77 bits per heavy atom. The molecule has 3 rings (SSSR count). The number of carbonyl (C=O) groups excluding carboxylic acids is 1. The molecule has 1 aromatic carbocycles. The number of hydrogen-bond acceptors (Lipinski definition) is 4. The molecule has 1 aliphatic rings. The number of nitrogens with one attached hydrogen (secondary N) is 1. The zero-order valence-electron chi connectivity index (χ0n) is 15.3. The van der Waals surface area contributed by atoms with Crippen molar-refractivity contribution in [2.45, 2.75) is 26.7 Å². The third-order valence-corrected chi connectivity index (χ3v) is 4.56. The number of carbonyl (C=O) groups is 1. The van der Waals surface area contributed by atoms with Gasteiger partial charge in [0.25, 0.3) is 0 Å². The van der Waals surface area contributed by atoms with E-state index in [1.807, 2.05) is 6.07 Å². The van der Waals surface area contributed by atoms with Gasteiger partial charge in [-0.25, -0.2) is 14.4 Å². The van der Waals surface area contributed by atoms with Gasteiger partial charge in [0.1, 0.15) is 5.82 Å². The molecule has 1 fully saturated rings. The highest BCUT2D eigenvalue weighted by atomic mass is 19.1. The van der Waals surface area contributed by atoms with Gasteiger partial charge in [0.2, 0.25) is 11.9 Å². The van der Waals surface area contributed by atoms with Crippen molar-refractivity contribution in [3.05, 3.63) is 42.5 Å². The third kappa shape index (κ3) is 4.56. The SMILES string of the molecule is CC(C)CNC(=O)[C@H]1CCCN(c2ncc(-c3cccc(F)c3)cn2)C1. The molecule has 2 aromatic rings. The lowest BCUT2D eigenvalue weighted by atomic mass is 9.97. The number of aromatic nitrogens is 2. The maximum atomic E-state index is 13.4. The summed E-state index contributed by atoms with van der Waals surface area (Å²) in [5.74, 6) is 0.857. The van der Waals surface area contributed by atoms with E-state index in [0.717, 1.165) is 30.5 Å². The molecule has 0 saturated carbocycles. The molecule has 0 spiro atoms. The van der Waals surface area contributed by atoms with E-state index in [0.29, 0.717) is 25.0 Å². The number of piperidine rings is 1. The van der Waals surface area contributed by atoms with Gasteiger partial charge in [-0.05, 0) is 36.5 Å². The van der Waals surface area contributed by atoms with E-state index in [-0.39, 0.29) is 17.6 Å². The van der Waals surface area contributed by atoms with Crippen LogP contribution in [-0.4, -0.2) is 35.5 Å². The largest absolute Gasteiger partial charge is 0.356 e. The second kappa shape index (κ2) is 8.25. The first kappa shape index (κ1) is 18.3. The Morgan fingerprint density at radius 1 is 1.31 bits per heavy atom. The molecule has 2 heterocycles. The number of benzene rings is 1. The van der Waals surface area contributed by atoms with Crippen LogP contribution in [0.15, 0.2) is 36.7 Å². The summed E-state index contributed by atoms with van der Waals surface area (Å²) in [5.41, 5.74) is 1.53. The summed E-state index contributed by atoms with van der Waals surface area (Å²) in [7, 11) is 0. The quantitative estimate of drug-likeness (QED) is 0.893. The summed E-state index contributed by atoms with van der Waals surface area (Å²) in [6.45, 7) is 6.34. The van der Waals surface area contributed by atoms with Gasteiger partial charge in [-0.15, -0.1) is 0 Å². The van der Waals surface area contributed by atoms with E-state index in [9.17, 15) is 9.18 Å². The summed E-state index contributed by atoms with van der Waals surface area (Å²) in [5, 5.41) is 3.02. The van der Waals surface area contributed by atoms with Crippen molar-refractivity contribution in [1.29, 1.82) is 0 Å². The number of amides is 1. The topological polar surface area (TPSA) is 58.1 Å². The first-order chi connectivity index (χ1) is 12.5. The number of nitrogens with zero attached hydrogens (tertiary/aromatic N) is 3. The van der Waals surface area contributed by atoms with Crippen LogP contribution >= 0.6 is 0 Å². The highest BCUT2D eigenvalue weighted by Crippen LogP contribution is 2.23. The second-order valence-corrected chi connectivity index (χ2v) is 7.21. The minimum absolute atomic E-state index is 0.0333. The second-order valence-electron chi connectivity index (χ2n) is 7.21. The number of halogens is 1. The van der Waals surface area contributed by atoms with E-state index in [2.05, 4.69) is 34.0 Å². The molecule has 1 atom stereocenters. The standard InChI is InChI=1S/C20H25FN4O/c1-14(2)10-22-19(26)16-6-4-8-25(13-16)20-23-11-17(12-24-20)15-5-3-7-18(21)9-15/h3,5,7,9,11-12,14,16H,4,6,8,10,13H2,1-2H3,(H,22,26)/t16-/m0/s1. The van der Waals surface area contributed by atoms with E-state index in [1.165, 1.54) is 12.1 Å². The van der Waals surface area contributed by atoms with E-state index in [1.54, 1.807) is 18.5 Å². The lowest BCUT2D eigenvalue weighted by Gasteiger charge is -2.32. The van der Waals surface area contributed by atoms with Crippen molar-refractivity contribution < 1.29 is 9.18 Å². The third-order valence-electron chi connectivity index (χ3n) is 4.56. The van der Waals surface area contributed by atoms with Crippen molar-refractivity contribution in [3.63, 3.8) is 0 Å². The van der Waals surface area contributed by atoms with Crippen molar-refractivity contribution in [2.24, 2.45) is 11.8 Å². The lowest BCUT2D eigenvalue weighted by molar-refractivity contribution is -0.125. The minimum atomic E-state index is -0.280. The van der Waals surface area contributed by atoms with Gasteiger partial charge in [0.05, 0.1) is 5.92 Å². The molecule has 138 valence electrons. The molecule has 0 aliphatic carbocycles.